The van der Waals surface area contributed by atoms with Crippen LogP contribution in [0.15, 0.2) is 41.8 Å². The molecule has 0 radical (unpaired) electrons. The lowest BCUT2D eigenvalue weighted by atomic mass is 10.1. The zero-order chi connectivity index (χ0) is 23.3. The van der Waals surface area contributed by atoms with Crippen molar-refractivity contribution in [1.29, 1.82) is 0 Å². The largest absolute Gasteiger partial charge is 0.493 e. The van der Waals surface area contributed by atoms with Crippen LogP contribution in [0.4, 0.5) is 15.2 Å². The number of methoxy groups -OCH3 is 1. The zero-order valence-corrected chi connectivity index (χ0v) is 18.3. The van der Waals surface area contributed by atoms with E-state index >= 15 is 0 Å². The molecule has 2 amide bonds. The van der Waals surface area contributed by atoms with E-state index in [0.717, 1.165) is 11.3 Å². The standard InChI is InChI=1S/C22H20FN3O5S/c1-12(27)14-4-7-19(20(8-14)30-3)31-10-21(29)26-22-25-18(11-32-22)16-6-5-15(9-17(16)23)24-13(2)28/h4-9,11H,10H2,1-3H3,(H,24,28)(H,25,26,29). The van der Waals surface area contributed by atoms with Gasteiger partial charge in [-0.1, -0.05) is 0 Å². The number of benzene rings is 2. The molecular weight excluding hydrogens is 437 g/mol. The molecule has 2 N–H and O–H groups in total. The number of Topliss-reactive ketones (excluding diaryl/α,β-unsaturated/α-hetero) is 1. The molecule has 0 bridgehead atoms. The quantitative estimate of drug-likeness (QED) is 0.493. The summed E-state index contributed by atoms with van der Waals surface area (Å²) in [7, 11) is 1.44. The van der Waals surface area contributed by atoms with Crippen molar-refractivity contribution in [3.8, 4) is 22.8 Å². The minimum absolute atomic E-state index is 0.117. The molecular formula is C22H20FN3O5S. The van der Waals surface area contributed by atoms with Gasteiger partial charge in [-0.05, 0) is 43.3 Å². The van der Waals surface area contributed by atoms with Gasteiger partial charge in [0.1, 0.15) is 5.82 Å². The third kappa shape index (κ3) is 5.67. The van der Waals surface area contributed by atoms with E-state index in [0.29, 0.717) is 28.4 Å². The Morgan fingerprint density at radius 2 is 1.84 bits per heavy atom. The number of hydrogen-bond acceptors (Lipinski definition) is 7. The molecule has 0 aliphatic rings. The summed E-state index contributed by atoms with van der Waals surface area (Å²) in [4.78, 5) is 39.0. The van der Waals surface area contributed by atoms with Crippen LogP contribution in [-0.2, 0) is 9.59 Å². The van der Waals surface area contributed by atoms with Crippen molar-refractivity contribution in [2.75, 3.05) is 24.4 Å². The van der Waals surface area contributed by atoms with Gasteiger partial charge < -0.3 is 14.8 Å². The van der Waals surface area contributed by atoms with Crippen molar-refractivity contribution >= 4 is 39.8 Å². The van der Waals surface area contributed by atoms with E-state index in [1.165, 1.54) is 39.2 Å². The molecule has 0 saturated carbocycles. The van der Waals surface area contributed by atoms with Gasteiger partial charge in [0.05, 0.1) is 12.8 Å². The number of ketones is 1. The molecule has 0 aliphatic carbocycles. The van der Waals surface area contributed by atoms with Crippen molar-refractivity contribution in [2.45, 2.75) is 13.8 Å². The first-order valence-corrected chi connectivity index (χ1v) is 10.3. The summed E-state index contributed by atoms with van der Waals surface area (Å²) >= 11 is 1.13. The Labute approximate surface area is 187 Å². The van der Waals surface area contributed by atoms with Crippen LogP contribution in [0.3, 0.4) is 0 Å². The number of amides is 2. The summed E-state index contributed by atoms with van der Waals surface area (Å²) in [5.41, 5.74) is 1.39. The smallest absolute Gasteiger partial charge is 0.264 e. The van der Waals surface area contributed by atoms with Crippen LogP contribution in [0.25, 0.3) is 11.3 Å². The van der Waals surface area contributed by atoms with Crippen LogP contribution in [-0.4, -0.2) is 36.3 Å². The van der Waals surface area contributed by atoms with Gasteiger partial charge in [0.15, 0.2) is 29.0 Å². The van der Waals surface area contributed by atoms with Crippen LogP contribution < -0.4 is 20.1 Å². The van der Waals surface area contributed by atoms with Crippen molar-refractivity contribution in [2.24, 2.45) is 0 Å². The van der Waals surface area contributed by atoms with Crippen LogP contribution in [0.1, 0.15) is 24.2 Å². The molecule has 2 aromatic carbocycles. The number of nitrogens with zero attached hydrogens (tertiary/aromatic N) is 1. The lowest BCUT2D eigenvalue weighted by Crippen LogP contribution is -2.20. The summed E-state index contributed by atoms with van der Waals surface area (Å²) < 4.78 is 25.1. The average Bonchev–Trinajstić information content (AvgIpc) is 3.19. The van der Waals surface area contributed by atoms with Crippen LogP contribution in [0, 0.1) is 5.82 Å². The number of carbonyl (C=O) groups excluding carboxylic acids is 3. The molecule has 0 unspecified atom stereocenters. The van der Waals surface area contributed by atoms with Crippen LogP contribution >= 0.6 is 11.3 Å². The van der Waals surface area contributed by atoms with Gasteiger partial charge in [-0.3, -0.25) is 19.7 Å². The molecule has 1 heterocycles. The number of anilines is 2. The molecule has 0 spiro atoms. The second-order valence-corrected chi connectivity index (χ2v) is 7.53. The topological polar surface area (TPSA) is 107 Å². The Balaban J connectivity index is 1.63. The zero-order valence-electron chi connectivity index (χ0n) is 17.5. The molecule has 3 rings (SSSR count). The summed E-state index contributed by atoms with van der Waals surface area (Å²) in [6.07, 6.45) is 0. The van der Waals surface area contributed by atoms with Gasteiger partial charge in [-0.25, -0.2) is 9.37 Å². The third-order valence-corrected chi connectivity index (χ3v) is 5.00. The van der Waals surface area contributed by atoms with Crippen LogP contribution in [0.2, 0.25) is 0 Å². The van der Waals surface area contributed by atoms with Gasteiger partial charge in [0.25, 0.3) is 5.91 Å². The summed E-state index contributed by atoms with van der Waals surface area (Å²) in [5.74, 6) is -0.790. The molecule has 32 heavy (non-hydrogen) atoms. The molecule has 8 nitrogen and oxygen atoms in total. The van der Waals surface area contributed by atoms with E-state index in [-0.39, 0.29) is 29.0 Å². The highest BCUT2D eigenvalue weighted by molar-refractivity contribution is 7.14. The Morgan fingerprint density at radius 1 is 1.06 bits per heavy atom. The number of nitrogens with one attached hydrogen (secondary N) is 2. The lowest BCUT2D eigenvalue weighted by Gasteiger charge is -2.11. The Kier molecular flexibility index (Phi) is 7.16. The maximum atomic E-state index is 14.4. The Morgan fingerprint density at radius 3 is 2.50 bits per heavy atom. The fraction of sp³-hybridized carbons (Fsp3) is 0.182. The van der Waals surface area contributed by atoms with Crippen molar-refractivity contribution in [3.63, 3.8) is 0 Å². The molecule has 10 heteroatoms. The fourth-order valence-electron chi connectivity index (χ4n) is 2.76. The third-order valence-electron chi connectivity index (χ3n) is 4.24. The molecule has 1 aromatic heterocycles. The number of thiazole rings is 1. The molecule has 0 fully saturated rings. The number of rotatable bonds is 8. The molecule has 0 aliphatic heterocycles. The van der Waals surface area contributed by atoms with E-state index in [4.69, 9.17) is 9.47 Å². The average molecular weight is 457 g/mol. The fourth-order valence-corrected chi connectivity index (χ4v) is 3.49. The maximum Gasteiger partial charge on any atom is 0.264 e. The van der Waals surface area contributed by atoms with Gasteiger partial charge in [0, 0.05) is 29.1 Å². The predicted molar refractivity (Wildman–Crippen MR) is 119 cm³/mol. The molecule has 0 atom stereocenters. The maximum absolute atomic E-state index is 14.4. The van der Waals surface area contributed by atoms with Crippen LogP contribution in [0.5, 0.6) is 11.5 Å². The first kappa shape index (κ1) is 22.9. The summed E-state index contributed by atoms with van der Waals surface area (Å²) in [5, 5.41) is 6.99. The summed E-state index contributed by atoms with van der Waals surface area (Å²) in [6, 6.07) is 8.94. The van der Waals surface area contributed by atoms with Gasteiger partial charge >= 0.3 is 0 Å². The van der Waals surface area contributed by atoms with E-state index in [9.17, 15) is 18.8 Å². The number of carbonyl (C=O) groups is 3. The van der Waals surface area contributed by atoms with Gasteiger partial charge in [0.2, 0.25) is 5.91 Å². The number of aromatic nitrogens is 1. The Hall–Kier alpha value is -3.79. The monoisotopic (exact) mass is 457 g/mol. The number of hydrogen-bond donors (Lipinski definition) is 2. The second kappa shape index (κ2) is 10.0. The number of halogens is 1. The Bertz CT molecular complexity index is 1180. The normalized spacial score (nSPS) is 10.4. The van der Waals surface area contributed by atoms with E-state index in [2.05, 4.69) is 15.6 Å². The predicted octanol–water partition coefficient (Wildman–Crippen LogP) is 4.14. The van der Waals surface area contributed by atoms with Crippen molar-refractivity contribution < 1.29 is 28.2 Å². The van der Waals surface area contributed by atoms with Crippen molar-refractivity contribution in [1.82, 2.24) is 4.98 Å². The highest BCUT2D eigenvalue weighted by Crippen LogP contribution is 2.30. The van der Waals surface area contributed by atoms with Crippen molar-refractivity contribution in [3.05, 3.63) is 53.2 Å². The van der Waals surface area contributed by atoms with E-state index < -0.39 is 11.7 Å². The number of ether oxygens (including phenoxy) is 2. The van der Waals surface area contributed by atoms with Gasteiger partial charge in [-0.15, -0.1) is 11.3 Å². The SMILES string of the molecule is COc1cc(C(C)=O)ccc1OCC(=O)Nc1nc(-c2ccc(NC(C)=O)cc2F)cs1. The highest BCUT2D eigenvalue weighted by atomic mass is 32.1. The lowest BCUT2D eigenvalue weighted by molar-refractivity contribution is -0.118. The second-order valence-electron chi connectivity index (χ2n) is 6.67. The molecule has 0 saturated heterocycles. The highest BCUT2D eigenvalue weighted by Gasteiger charge is 2.14. The molecule has 166 valence electrons. The minimum Gasteiger partial charge on any atom is -0.493 e. The van der Waals surface area contributed by atoms with Gasteiger partial charge in [-0.2, -0.15) is 0 Å². The van der Waals surface area contributed by atoms with E-state index in [1.807, 2.05) is 0 Å². The summed E-state index contributed by atoms with van der Waals surface area (Å²) in [6.45, 7) is 2.46. The first-order valence-electron chi connectivity index (χ1n) is 9.41. The molecule has 3 aromatic rings. The first-order chi connectivity index (χ1) is 15.3. The van der Waals surface area contributed by atoms with E-state index in [1.54, 1.807) is 23.6 Å². The minimum atomic E-state index is -0.552.